The Morgan fingerprint density at radius 3 is 2.65 bits per heavy atom. The number of furan rings is 1. The Labute approximate surface area is 117 Å². The number of nitrogens with zero attached hydrogens (tertiary/aromatic N) is 2. The van der Waals surface area contributed by atoms with Crippen molar-refractivity contribution in [1.29, 1.82) is 0 Å². The molecule has 0 aliphatic rings. The van der Waals surface area contributed by atoms with E-state index in [2.05, 4.69) is 12.2 Å². The summed E-state index contributed by atoms with van der Waals surface area (Å²) in [4.78, 5) is 12.0. The molecule has 0 spiro atoms. The average molecular weight is 275 g/mol. The molecule has 2 rings (SSSR count). The van der Waals surface area contributed by atoms with E-state index in [-0.39, 0.29) is 5.88 Å². The van der Waals surface area contributed by atoms with Gasteiger partial charge in [0.2, 0.25) is 0 Å². The molecule has 0 aliphatic heterocycles. The first kappa shape index (κ1) is 13.9. The van der Waals surface area contributed by atoms with Crippen LogP contribution in [-0.2, 0) is 6.54 Å². The highest BCUT2D eigenvalue weighted by Gasteiger charge is 2.11. The zero-order valence-electron chi connectivity index (χ0n) is 11.7. The summed E-state index contributed by atoms with van der Waals surface area (Å²) in [5.41, 5.74) is 3.26. The minimum atomic E-state index is -0.542. The zero-order chi connectivity index (χ0) is 14.7. The van der Waals surface area contributed by atoms with Gasteiger partial charge in [0, 0.05) is 25.5 Å². The normalized spacial score (nSPS) is 10.3. The van der Waals surface area contributed by atoms with E-state index < -0.39 is 4.92 Å². The molecule has 0 bridgehead atoms. The number of hydrogen-bond donors (Lipinski definition) is 1. The van der Waals surface area contributed by atoms with Gasteiger partial charge in [-0.05, 0) is 30.7 Å². The summed E-state index contributed by atoms with van der Waals surface area (Å²) in [7, 11) is 3.98. The average Bonchev–Trinajstić information content (AvgIpc) is 2.86. The van der Waals surface area contributed by atoms with Crippen molar-refractivity contribution in [2.75, 3.05) is 24.3 Å². The third kappa shape index (κ3) is 3.09. The number of nitro groups is 1. The second-order valence-corrected chi connectivity index (χ2v) is 4.75. The molecule has 6 nitrogen and oxygen atoms in total. The highest BCUT2D eigenvalue weighted by Crippen LogP contribution is 2.23. The van der Waals surface area contributed by atoms with Gasteiger partial charge in [-0.15, -0.1) is 0 Å². The molecule has 0 unspecified atom stereocenters. The van der Waals surface area contributed by atoms with E-state index in [1.807, 2.05) is 37.2 Å². The van der Waals surface area contributed by atoms with Crippen molar-refractivity contribution in [3.63, 3.8) is 0 Å². The number of nitrogens with one attached hydrogen (secondary N) is 1. The molecule has 2 aromatic rings. The highest BCUT2D eigenvalue weighted by molar-refractivity contribution is 5.61. The first-order valence-electron chi connectivity index (χ1n) is 6.22. The van der Waals surface area contributed by atoms with E-state index in [4.69, 9.17) is 4.42 Å². The molecule has 0 saturated carbocycles. The van der Waals surface area contributed by atoms with Gasteiger partial charge in [0.1, 0.15) is 10.7 Å². The maximum atomic E-state index is 10.5. The Morgan fingerprint density at radius 1 is 1.30 bits per heavy atom. The van der Waals surface area contributed by atoms with E-state index in [1.165, 1.54) is 11.6 Å². The topological polar surface area (TPSA) is 71.5 Å². The van der Waals surface area contributed by atoms with E-state index in [0.29, 0.717) is 12.3 Å². The number of hydrogen-bond acceptors (Lipinski definition) is 5. The molecule has 1 N–H and O–H groups in total. The lowest BCUT2D eigenvalue weighted by atomic mass is 10.1. The van der Waals surface area contributed by atoms with Crippen LogP contribution in [0.3, 0.4) is 0 Å². The summed E-state index contributed by atoms with van der Waals surface area (Å²) in [6.45, 7) is 2.46. The summed E-state index contributed by atoms with van der Waals surface area (Å²) in [6, 6.07) is 9.00. The van der Waals surface area contributed by atoms with Crippen molar-refractivity contribution in [2.24, 2.45) is 0 Å². The van der Waals surface area contributed by atoms with Crippen LogP contribution in [0.5, 0.6) is 0 Å². The van der Waals surface area contributed by atoms with Crippen molar-refractivity contribution in [1.82, 2.24) is 0 Å². The second-order valence-electron chi connectivity index (χ2n) is 4.75. The lowest BCUT2D eigenvalue weighted by Gasteiger charge is -2.17. The number of aryl methyl sites for hydroxylation is 1. The minimum Gasteiger partial charge on any atom is -0.404 e. The minimum absolute atomic E-state index is 0.236. The maximum Gasteiger partial charge on any atom is 0.433 e. The van der Waals surface area contributed by atoms with Crippen LogP contribution in [0.1, 0.15) is 11.3 Å². The van der Waals surface area contributed by atoms with Gasteiger partial charge in [0.25, 0.3) is 0 Å². The fourth-order valence-electron chi connectivity index (χ4n) is 1.95. The fourth-order valence-corrected chi connectivity index (χ4v) is 1.95. The first-order valence-corrected chi connectivity index (χ1v) is 6.22. The molecule has 20 heavy (non-hydrogen) atoms. The third-order valence-electron chi connectivity index (χ3n) is 2.99. The molecule has 1 heterocycles. The molecule has 0 amide bonds. The Bertz CT molecular complexity index is 620. The molecule has 6 heteroatoms. The Balaban J connectivity index is 2.06. The second kappa shape index (κ2) is 5.64. The molecule has 0 aliphatic carbocycles. The molecule has 106 valence electrons. The van der Waals surface area contributed by atoms with E-state index in [1.54, 1.807) is 6.07 Å². The van der Waals surface area contributed by atoms with Gasteiger partial charge in [-0.1, -0.05) is 6.07 Å². The van der Waals surface area contributed by atoms with Crippen LogP contribution in [0.2, 0.25) is 0 Å². The molecule has 0 fully saturated rings. The monoisotopic (exact) mass is 275 g/mol. The maximum absolute atomic E-state index is 10.5. The highest BCUT2D eigenvalue weighted by atomic mass is 16.6. The summed E-state index contributed by atoms with van der Waals surface area (Å²) in [5.74, 6) is 0.295. The SMILES string of the molecule is Cc1ccc(NCc2ccc([N+](=O)[O-])o2)cc1N(C)C. The third-order valence-corrected chi connectivity index (χ3v) is 2.99. The Hall–Kier alpha value is -2.50. The quantitative estimate of drug-likeness (QED) is 0.670. The molecular formula is C14H17N3O3. The van der Waals surface area contributed by atoms with Gasteiger partial charge in [0.15, 0.2) is 0 Å². The van der Waals surface area contributed by atoms with E-state index in [0.717, 1.165) is 11.4 Å². The van der Waals surface area contributed by atoms with Crippen molar-refractivity contribution in [3.05, 3.63) is 51.8 Å². The van der Waals surface area contributed by atoms with Crippen molar-refractivity contribution >= 4 is 17.3 Å². The van der Waals surface area contributed by atoms with Crippen molar-refractivity contribution < 1.29 is 9.34 Å². The molecule has 0 radical (unpaired) electrons. The van der Waals surface area contributed by atoms with Crippen LogP contribution >= 0.6 is 0 Å². The summed E-state index contributed by atoms with van der Waals surface area (Å²) >= 11 is 0. The van der Waals surface area contributed by atoms with Crippen LogP contribution < -0.4 is 10.2 Å². The van der Waals surface area contributed by atoms with Gasteiger partial charge in [-0.3, -0.25) is 10.1 Å². The van der Waals surface area contributed by atoms with Crippen LogP contribution in [-0.4, -0.2) is 19.0 Å². The fraction of sp³-hybridized carbons (Fsp3) is 0.286. The largest absolute Gasteiger partial charge is 0.433 e. The lowest BCUT2D eigenvalue weighted by molar-refractivity contribution is -0.402. The van der Waals surface area contributed by atoms with Crippen LogP contribution in [0.4, 0.5) is 17.3 Å². The van der Waals surface area contributed by atoms with Gasteiger partial charge in [-0.25, -0.2) is 0 Å². The summed E-state index contributed by atoms with van der Waals surface area (Å²) in [6.07, 6.45) is 0. The van der Waals surface area contributed by atoms with Gasteiger partial charge in [-0.2, -0.15) is 0 Å². The van der Waals surface area contributed by atoms with Crippen LogP contribution in [0, 0.1) is 17.0 Å². The molecule has 1 aromatic carbocycles. The number of rotatable bonds is 5. The van der Waals surface area contributed by atoms with Gasteiger partial charge >= 0.3 is 5.88 Å². The van der Waals surface area contributed by atoms with Crippen molar-refractivity contribution in [3.8, 4) is 0 Å². The first-order chi connectivity index (χ1) is 9.47. The summed E-state index contributed by atoms with van der Waals surface area (Å²) in [5, 5.41) is 13.7. The Morgan fingerprint density at radius 2 is 2.05 bits per heavy atom. The number of anilines is 2. The van der Waals surface area contributed by atoms with E-state index >= 15 is 0 Å². The molecule has 1 aromatic heterocycles. The molecule has 0 saturated heterocycles. The zero-order valence-corrected chi connectivity index (χ0v) is 11.7. The van der Waals surface area contributed by atoms with Crippen molar-refractivity contribution in [2.45, 2.75) is 13.5 Å². The molecule has 0 atom stereocenters. The number of benzene rings is 1. The van der Waals surface area contributed by atoms with Crippen LogP contribution in [0.25, 0.3) is 0 Å². The standard InChI is InChI=1S/C14H17N3O3/c1-10-4-5-11(8-13(10)16(2)3)15-9-12-6-7-14(20-12)17(18)19/h4-8,15H,9H2,1-3H3. The smallest absolute Gasteiger partial charge is 0.404 e. The van der Waals surface area contributed by atoms with Gasteiger partial charge in [0.05, 0.1) is 12.6 Å². The Kier molecular flexibility index (Phi) is 3.93. The predicted molar refractivity (Wildman–Crippen MR) is 78.2 cm³/mol. The lowest BCUT2D eigenvalue weighted by Crippen LogP contribution is -2.10. The predicted octanol–water partition coefficient (Wildman–Crippen LogP) is 3.17. The molecular weight excluding hydrogens is 258 g/mol. The van der Waals surface area contributed by atoms with Gasteiger partial charge < -0.3 is 14.6 Å². The summed E-state index contributed by atoms with van der Waals surface area (Å²) < 4.78 is 5.10. The van der Waals surface area contributed by atoms with Crippen LogP contribution in [0.15, 0.2) is 34.7 Å². The van der Waals surface area contributed by atoms with E-state index in [9.17, 15) is 10.1 Å².